The van der Waals surface area contributed by atoms with Crippen LogP contribution < -0.4 is 0 Å². The average molecular weight is 236 g/mol. The second kappa shape index (κ2) is 6.62. The van der Waals surface area contributed by atoms with Gasteiger partial charge in [-0.15, -0.1) is 0 Å². The van der Waals surface area contributed by atoms with Gasteiger partial charge in [0.1, 0.15) is 0 Å². The van der Waals surface area contributed by atoms with Gasteiger partial charge in [-0.2, -0.15) is 0 Å². The van der Waals surface area contributed by atoms with Crippen LogP contribution in [0.3, 0.4) is 0 Å². The first kappa shape index (κ1) is 13.2. The van der Waals surface area contributed by atoms with Gasteiger partial charge in [0.25, 0.3) is 0 Å². The number of rotatable bonds is 5. The van der Waals surface area contributed by atoms with Gasteiger partial charge in [-0.1, -0.05) is 6.07 Å². The monoisotopic (exact) mass is 236 g/mol. The van der Waals surface area contributed by atoms with Crippen LogP contribution in [0.2, 0.25) is 0 Å². The zero-order valence-electron chi connectivity index (χ0n) is 10.0. The molecule has 0 radical (unpaired) electrons. The highest BCUT2D eigenvalue weighted by Crippen LogP contribution is 1.99. The molecule has 5 heteroatoms. The molecule has 0 aliphatic carbocycles. The van der Waals surface area contributed by atoms with E-state index < -0.39 is 0 Å². The van der Waals surface area contributed by atoms with Crippen molar-refractivity contribution in [2.45, 2.75) is 12.8 Å². The summed E-state index contributed by atoms with van der Waals surface area (Å²) < 4.78 is 4.51. The molecule has 1 aromatic heterocycles. The molecule has 0 spiro atoms. The molecule has 0 unspecified atom stereocenters. The maximum Gasteiger partial charge on any atom is 0.307 e. The van der Waals surface area contributed by atoms with Crippen LogP contribution in [0.15, 0.2) is 24.4 Å². The van der Waals surface area contributed by atoms with Gasteiger partial charge in [-0.25, -0.2) is 0 Å². The Morgan fingerprint density at radius 3 is 2.76 bits per heavy atom. The van der Waals surface area contributed by atoms with Crippen molar-refractivity contribution < 1.29 is 14.3 Å². The van der Waals surface area contributed by atoms with E-state index in [0.717, 1.165) is 5.69 Å². The molecule has 0 aliphatic rings. The largest absolute Gasteiger partial charge is 0.469 e. The minimum Gasteiger partial charge on any atom is -0.469 e. The standard InChI is InChI=1S/C12H16N2O3/c1-14(8-6-12(16)17-2)11(15)9-10-5-3-4-7-13-10/h3-5,7H,6,8-9H2,1-2H3. The smallest absolute Gasteiger partial charge is 0.307 e. The second-order valence-electron chi connectivity index (χ2n) is 3.64. The van der Waals surface area contributed by atoms with Crippen LogP contribution in [0.5, 0.6) is 0 Å². The third kappa shape index (κ3) is 4.63. The quantitative estimate of drug-likeness (QED) is 0.704. The Morgan fingerprint density at radius 1 is 1.41 bits per heavy atom. The van der Waals surface area contributed by atoms with Crippen LogP contribution in [0, 0.1) is 0 Å². The van der Waals surface area contributed by atoms with Crippen LogP contribution in [0.4, 0.5) is 0 Å². The number of pyridine rings is 1. The number of likely N-dealkylation sites (N-methyl/N-ethyl adjacent to an activating group) is 1. The number of carbonyl (C=O) groups is 2. The summed E-state index contributed by atoms with van der Waals surface area (Å²) in [6.45, 7) is 0.359. The molecule has 0 saturated carbocycles. The zero-order valence-corrected chi connectivity index (χ0v) is 10.0. The summed E-state index contributed by atoms with van der Waals surface area (Å²) in [4.78, 5) is 28.3. The maximum absolute atomic E-state index is 11.7. The molecular formula is C12H16N2O3. The molecule has 0 saturated heterocycles. The lowest BCUT2D eigenvalue weighted by Crippen LogP contribution is -2.30. The summed E-state index contributed by atoms with van der Waals surface area (Å²) in [5, 5.41) is 0. The molecule has 5 nitrogen and oxygen atoms in total. The van der Waals surface area contributed by atoms with Crippen molar-refractivity contribution in [3.05, 3.63) is 30.1 Å². The molecule has 0 fully saturated rings. The van der Waals surface area contributed by atoms with Gasteiger partial charge in [-0.05, 0) is 12.1 Å². The highest BCUT2D eigenvalue weighted by Gasteiger charge is 2.11. The number of aromatic nitrogens is 1. The van der Waals surface area contributed by atoms with Crippen LogP contribution in [-0.2, 0) is 20.7 Å². The van der Waals surface area contributed by atoms with Crippen LogP contribution >= 0.6 is 0 Å². The number of methoxy groups -OCH3 is 1. The van der Waals surface area contributed by atoms with Crippen molar-refractivity contribution in [1.82, 2.24) is 9.88 Å². The topological polar surface area (TPSA) is 59.5 Å². The molecule has 17 heavy (non-hydrogen) atoms. The maximum atomic E-state index is 11.7. The van der Waals surface area contributed by atoms with E-state index in [0.29, 0.717) is 6.54 Å². The SMILES string of the molecule is COC(=O)CCN(C)C(=O)Cc1ccccn1. The Balaban J connectivity index is 2.40. The number of ether oxygens (including phenoxy) is 1. The fourth-order valence-corrected chi connectivity index (χ4v) is 1.28. The first-order chi connectivity index (χ1) is 8.13. The predicted molar refractivity (Wildman–Crippen MR) is 62.2 cm³/mol. The normalized spacial score (nSPS) is 9.76. The summed E-state index contributed by atoms with van der Waals surface area (Å²) >= 11 is 0. The van der Waals surface area contributed by atoms with Crippen molar-refractivity contribution in [3.63, 3.8) is 0 Å². The van der Waals surface area contributed by atoms with Gasteiger partial charge in [0.15, 0.2) is 0 Å². The molecule has 1 rings (SSSR count). The van der Waals surface area contributed by atoms with Crippen molar-refractivity contribution in [2.75, 3.05) is 20.7 Å². The van der Waals surface area contributed by atoms with E-state index in [9.17, 15) is 9.59 Å². The number of hydrogen-bond donors (Lipinski definition) is 0. The first-order valence-corrected chi connectivity index (χ1v) is 5.34. The Bertz CT molecular complexity index is 379. The van der Waals surface area contributed by atoms with Crippen LogP contribution in [-0.4, -0.2) is 42.5 Å². The Morgan fingerprint density at radius 2 is 2.18 bits per heavy atom. The molecule has 1 heterocycles. The van der Waals surface area contributed by atoms with E-state index in [1.54, 1.807) is 25.4 Å². The predicted octanol–water partition coefficient (Wildman–Crippen LogP) is 0.646. The van der Waals surface area contributed by atoms with E-state index in [4.69, 9.17) is 0 Å². The van der Waals surface area contributed by atoms with E-state index in [1.165, 1.54) is 12.0 Å². The molecule has 1 aromatic rings. The summed E-state index contributed by atoms with van der Waals surface area (Å²) in [5.41, 5.74) is 0.724. The molecule has 92 valence electrons. The van der Waals surface area contributed by atoms with Crippen molar-refractivity contribution in [1.29, 1.82) is 0 Å². The highest BCUT2D eigenvalue weighted by atomic mass is 16.5. The Labute approximate surface area is 100 Å². The third-order valence-electron chi connectivity index (χ3n) is 2.36. The lowest BCUT2D eigenvalue weighted by molar-refractivity contribution is -0.141. The lowest BCUT2D eigenvalue weighted by Gasteiger charge is -2.16. The summed E-state index contributed by atoms with van der Waals surface area (Å²) in [6.07, 6.45) is 2.11. The Kier molecular flexibility index (Phi) is 5.13. The summed E-state index contributed by atoms with van der Waals surface area (Å²) in [7, 11) is 2.99. The zero-order chi connectivity index (χ0) is 12.7. The molecule has 0 bridgehead atoms. The van der Waals surface area contributed by atoms with Crippen molar-refractivity contribution >= 4 is 11.9 Å². The first-order valence-electron chi connectivity index (χ1n) is 5.34. The van der Waals surface area contributed by atoms with Gasteiger partial charge in [-0.3, -0.25) is 14.6 Å². The fourth-order valence-electron chi connectivity index (χ4n) is 1.28. The summed E-state index contributed by atoms with van der Waals surface area (Å²) in [5.74, 6) is -0.380. The minimum absolute atomic E-state index is 0.0624. The molecule has 1 amide bonds. The number of nitrogens with zero attached hydrogens (tertiary/aromatic N) is 2. The number of esters is 1. The fraction of sp³-hybridized carbons (Fsp3) is 0.417. The van der Waals surface area contributed by atoms with Crippen molar-refractivity contribution in [2.24, 2.45) is 0 Å². The molecule has 0 N–H and O–H groups in total. The van der Waals surface area contributed by atoms with Crippen LogP contribution in [0.1, 0.15) is 12.1 Å². The van der Waals surface area contributed by atoms with Gasteiger partial charge in [0.05, 0.1) is 20.0 Å². The third-order valence-corrected chi connectivity index (χ3v) is 2.36. The molecule has 0 aliphatic heterocycles. The van der Waals surface area contributed by atoms with E-state index in [1.807, 2.05) is 6.07 Å². The van der Waals surface area contributed by atoms with Gasteiger partial charge >= 0.3 is 5.97 Å². The van der Waals surface area contributed by atoms with Gasteiger partial charge < -0.3 is 9.64 Å². The molecular weight excluding hydrogens is 220 g/mol. The Hall–Kier alpha value is -1.91. The second-order valence-corrected chi connectivity index (χ2v) is 3.64. The highest BCUT2D eigenvalue weighted by molar-refractivity contribution is 5.78. The lowest BCUT2D eigenvalue weighted by atomic mass is 10.2. The van der Waals surface area contributed by atoms with E-state index in [2.05, 4.69) is 9.72 Å². The van der Waals surface area contributed by atoms with E-state index >= 15 is 0 Å². The minimum atomic E-state index is -0.317. The van der Waals surface area contributed by atoms with Gasteiger partial charge in [0, 0.05) is 25.5 Å². The van der Waals surface area contributed by atoms with Crippen molar-refractivity contribution in [3.8, 4) is 0 Å². The van der Waals surface area contributed by atoms with Gasteiger partial charge in [0.2, 0.25) is 5.91 Å². The number of carbonyl (C=O) groups excluding carboxylic acids is 2. The van der Waals surface area contributed by atoms with E-state index in [-0.39, 0.29) is 24.7 Å². The summed E-state index contributed by atoms with van der Waals surface area (Å²) in [6, 6.07) is 5.44. The number of hydrogen-bond acceptors (Lipinski definition) is 4. The average Bonchev–Trinajstić information content (AvgIpc) is 2.36. The number of amides is 1. The van der Waals surface area contributed by atoms with Crippen LogP contribution in [0.25, 0.3) is 0 Å². The molecule has 0 atom stereocenters. The molecule has 0 aromatic carbocycles.